The van der Waals surface area contributed by atoms with Crippen molar-refractivity contribution in [1.29, 1.82) is 0 Å². The van der Waals surface area contributed by atoms with Crippen LogP contribution in [0.3, 0.4) is 0 Å². The topological polar surface area (TPSA) is 12.0 Å². The van der Waals surface area contributed by atoms with Crippen molar-refractivity contribution >= 4 is 5.69 Å². The summed E-state index contributed by atoms with van der Waals surface area (Å²) in [6, 6.07) is 8.83. The lowest BCUT2D eigenvalue weighted by Crippen LogP contribution is -2.09. The Morgan fingerprint density at radius 1 is 0.952 bits per heavy atom. The van der Waals surface area contributed by atoms with E-state index in [4.69, 9.17) is 0 Å². The summed E-state index contributed by atoms with van der Waals surface area (Å²) in [6.45, 7) is 4.17. The Labute approximate surface area is 120 Å². The van der Waals surface area contributed by atoms with E-state index < -0.39 is 17.6 Å². The predicted molar refractivity (Wildman–Crippen MR) is 74.6 cm³/mol. The highest BCUT2D eigenvalue weighted by Gasteiger charge is 2.33. The first-order valence-electron chi connectivity index (χ1n) is 6.43. The Bertz CT molecular complexity index is 627. The minimum Gasteiger partial charge on any atom is -0.381 e. The zero-order valence-electron chi connectivity index (χ0n) is 11.7. The molecule has 1 N–H and O–H groups in total. The molecule has 0 fully saturated rings. The van der Waals surface area contributed by atoms with E-state index in [-0.39, 0.29) is 6.54 Å². The molecule has 0 amide bonds. The number of benzene rings is 2. The van der Waals surface area contributed by atoms with Gasteiger partial charge in [-0.15, -0.1) is 0 Å². The van der Waals surface area contributed by atoms with Crippen molar-refractivity contribution in [3.63, 3.8) is 0 Å². The second kappa shape index (κ2) is 5.76. The first-order chi connectivity index (χ1) is 9.75. The molecule has 0 aliphatic heterocycles. The van der Waals surface area contributed by atoms with Crippen LogP contribution >= 0.6 is 0 Å². The third-order valence-electron chi connectivity index (χ3n) is 3.06. The van der Waals surface area contributed by atoms with Crippen LogP contribution in [0.5, 0.6) is 0 Å². The van der Waals surface area contributed by atoms with E-state index in [1.54, 1.807) is 0 Å². The van der Waals surface area contributed by atoms with Gasteiger partial charge in [0.05, 0.1) is 5.56 Å². The average molecular weight is 297 g/mol. The predicted octanol–water partition coefficient (Wildman–Crippen LogP) is 5.07. The minimum atomic E-state index is -4.66. The molecule has 0 spiro atoms. The number of anilines is 1. The SMILES string of the molecule is Cc1cc(C)cc(NCc2ccc(C(F)(F)F)c(F)c2)c1. The number of alkyl halides is 3. The smallest absolute Gasteiger partial charge is 0.381 e. The van der Waals surface area contributed by atoms with E-state index in [2.05, 4.69) is 5.32 Å². The fourth-order valence-electron chi connectivity index (χ4n) is 2.18. The van der Waals surface area contributed by atoms with E-state index in [1.807, 2.05) is 32.0 Å². The summed E-state index contributed by atoms with van der Waals surface area (Å²) >= 11 is 0. The van der Waals surface area contributed by atoms with Gasteiger partial charge in [-0.3, -0.25) is 0 Å². The molecule has 2 rings (SSSR count). The van der Waals surface area contributed by atoms with Crippen LogP contribution in [0.2, 0.25) is 0 Å². The summed E-state index contributed by atoms with van der Waals surface area (Å²) in [7, 11) is 0. The summed E-state index contributed by atoms with van der Waals surface area (Å²) < 4.78 is 50.8. The fourth-order valence-corrected chi connectivity index (χ4v) is 2.18. The van der Waals surface area contributed by atoms with E-state index >= 15 is 0 Å². The Morgan fingerprint density at radius 2 is 1.57 bits per heavy atom. The maximum Gasteiger partial charge on any atom is 0.419 e. The van der Waals surface area contributed by atoms with Crippen molar-refractivity contribution < 1.29 is 17.6 Å². The summed E-state index contributed by atoms with van der Waals surface area (Å²) in [5.41, 5.74) is 2.23. The Hall–Kier alpha value is -2.04. The van der Waals surface area contributed by atoms with Crippen molar-refractivity contribution in [1.82, 2.24) is 0 Å². The van der Waals surface area contributed by atoms with Crippen LogP contribution in [0.25, 0.3) is 0 Å². The number of nitrogens with one attached hydrogen (secondary N) is 1. The highest BCUT2D eigenvalue weighted by atomic mass is 19.4. The molecule has 0 bridgehead atoms. The molecule has 0 saturated heterocycles. The van der Waals surface area contributed by atoms with E-state index in [0.29, 0.717) is 5.56 Å². The van der Waals surface area contributed by atoms with Gasteiger partial charge in [-0.25, -0.2) is 4.39 Å². The standard InChI is InChI=1S/C16H15F4N/c1-10-5-11(2)7-13(6-10)21-9-12-3-4-14(15(17)8-12)16(18,19)20/h3-8,21H,9H2,1-2H3. The zero-order chi connectivity index (χ0) is 15.6. The number of halogens is 4. The third-order valence-corrected chi connectivity index (χ3v) is 3.06. The molecule has 0 radical (unpaired) electrons. The summed E-state index contributed by atoms with van der Waals surface area (Å²) in [4.78, 5) is 0. The summed E-state index contributed by atoms with van der Waals surface area (Å²) in [5.74, 6) is -1.25. The van der Waals surface area contributed by atoms with Crippen LogP contribution in [0.4, 0.5) is 23.2 Å². The van der Waals surface area contributed by atoms with Gasteiger partial charge in [0, 0.05) is 12.2 Å². The highest BCUT2D eigenvalue weighted by Crippen LogP contribution is 2.31. The van der Waals surface area contributed by atoms with Crippen molar-refractivity contribution in [2.24, 2.45) is 0 Å². The van der Waals surface area contributed by atoms with E-state index in [9.17, 15) is 17.6 Å². The minimum absolute atomic E-state index is 0.262. The zero-order valence-corrected chi connectivity index (χ0v) is 11.7. The molecule has 21 heavy (non-hydrogen) atoms. The quantitative estimate of drug-likeness (QED) is 0.780. The van der Waals surface area contributed by atoms with Crippen molar-refractivity contribution in [3.05, 3.63) is 64.5 Å². The van der Waals surface area contributed by atoms with Crippen LogP contribution < -0.4 is 5.32 Å². The van der Waals surface area contributed by atoms with E-state index in [0.717, 1.165) is 28.9 Å². The second-order valence-electron chi connectivity index (χ2n) is 5.04. The molecule has 2 aromatic carbocycles. The Kier molecular flexibility index (Phi) is 4.21. The van der Waals surface area contributed by atoms with E-state index in [1.165, 1.54) is 6.07 Å². The van der Waals surface area contributed by atoms with Gasteiger partial charge in [0.2, 0.25) is 0 Å². The lowest BCUT2D eigenvalue weighted by Gasteiger charge is -2.11. The van der Waals surface area contributed by atoms with Gasteiger partial charge in [-0.1, -0.05) is 12.1 Å². The molecule has 2 aromatic rings. The van der Waals surface area contributed by atoms with Gasteiger partial charge in [-0.2, -0.15) is 13.2 Å². The molecule has 0 aliphatic rings. The monoisotopic (exact) mass is 297 g/mol. The number of aryl methyl sites for hydroxylation is 2. The lowest BCUT2D eigenvalue weighted by molar-refractivity contribution is -0.140. The van der Waals surface area contributed by atoms with Gasteiger partial charge in [0.25, 0.3) is 0 Å². The summed E-state index contributed by atoms with van der Waals surface area (Å²) in [5, 5.41) is 3.08. The maximum absolute atomic E-state index is 13.5. The Balaban J connectivity index is 2.12. The third kappa shape index (κ3) is 3.97. The van der Waals surface area contributed by atoms with Crippen LogP contribution in [0.15, 0.2) is 36.4 Å². The first kappa shape index (κ1) is 15.4. The second-order valence-corrected chi connectivity index (χ2v) is 5.04. The van der Waals surface area contributed by atoms with Crippen molar-refractivity contribution in [2.75, 3.05) is 5.32 Å². The van der Waals surface area contributed by atoms with Crippen molar-refractivity contribution in [3.8, 4) is 0 Å². The molecule has 0 heterocycles. The number of rotatable bonds is 3. The van der Waals surface area contributed by atoms with Gasteiger partial charge in [-0.05, 0) is 54.8 Å². The lowest BCUT2D eigenvalue weighted by atomic mass is 10.1. The molecule has 0 unspecified atom stereocenters. The van der Waals surface area contributed by atoms with Gasteiger partial charge >= 0.3 is 6.18 Å². The molecule has 5 heteroatoms. The maximum atomic E-state index is 13.5. The molecule has 112 valence electrons. The number of hydrogen-bond acceptors (Lipinski definition) is 1. The average Bonchev–Trinajstić information content (AvgIpc) is 2.33. The van der Waals surface area contributed by atoms with Crippen molar-refractivity contribution in [2.45, 2.75) is 26.6 Å². The fraction of sp³-hybridized carbons (Fsp3) is 0.250. The normalized spacial score (nSPS) is 11.5. The van der Waals surface area contributed by atoms with Gasteiger partial charge < -0.3 is 5.32 Å². The summed E-state index contributed by atoms with van der Waals surface area (Å²) in [6.07, 6.45) is -4.66. The molecule has 0 atom stereocenters. The molecule has 1 nitrogen and oxygen atoms in total. The molecular weight excluding hydrogens is 282 g/mol. The molecular formula is C16H15F4N. The largest absolute Gasteiger partial charge is 0.419 e. The first-order valence-corrected chi connectivity index (χ1v) is 6.43. The molecule has 0 aromatic heterocycles. The molecule has 0 saturated carbocycles. The highest BCUT2D eigenvalue weighted by molar-refractivity contribution is 5.48. The molecule has 0 aliphatic carbocycles. The van der Waals surface area contributed by atoms with Gasteiger partial charge in [0.1, 0.15) is 5.82 Å². The van der Waals surface area contributed by atoms with Crippen LogP contribution in [-0.4, -0.2) is 0 Å². The Morgan fingerprint density at radius 3 is 2.10 bits per heavy atom. The van der Waals surface area contributed by atoms with Gasteiger partial charge in [0.15, 0.2) is 0 Å². The number of hydrogen-bond donors (Lipinski definition) is 1. The van der Waals surface area contributed by atoms with Crippen LogP contribution in [0, 0.1) is 19.7 Å². The van der Waals surface area contributed by atoms with Crippen LogP contribution in [-0.2, 0) is 12.7 Å². The van der Waals surface area contributed by atoms with Crippen LogP contribution in [0.1, 0.15) is 22.3 Å².